The molecule has 0 unspecified atom stereocenters. The number of methoxy groups -OCH3 is 2. The van der Waals surface area contributed by atoms with Crippen molar-refractivity contribution in [2.45, 2.75) is 6.92 Å². The van der Waals surface area contributed by atoms with Crippen molar-refractivity contribution in [3.05, 3.63) is 54.3 Å². The third-order valence-corrected chi connectivity index (χ3v) is 4.93. The number of ether oxygens (including phenoxy) is 2. The lowest BCUT2D eigenvalue weighted by Gasteiger charge is -2.11. The van der Waals surface area contributed by atoms with Gasteiger partial charge in [0.1, 0.15) is 23.6 Å². The average Bonchev–Trinajstić information content (AvgIpc) is 3.23. The minimum atomic E-state index is -1.17. The van der Waals surface area contributed by atoms with Crippen molar-refractivity contribution >= 4 is 34.3 Å². The van der Waals surface area contributed by atoms with Crippen LogP contribution in [0.25, 0.3) is 27.7 Å². The summed E-state index contributed by atoms with van der Waals surface area (Å²) in [6, 6.07) is 11.2. The fraction of sp³-hybridized carbons (Fsp3) is 0.208. The molecule has 0 spiro atoms. The van der Waals surface area contributed by atoms with Crippen molar-refractivity contribution in [3.63, 3.8) is 0 Å². The predicted molar refractivity (Wildman–Crippen MR) is 122 cm³/mol. The molecule has 0 fully saturated rings. The smallest absolute Gasteiger partial charge is 0.322 e. The molecule has 0 bridgehead atoms. The summed E-state index contributed by atoms with van der Waals surface area (Å²) in [6.07, 6.45) is 2.99. The lowest BCUT2D eigenvalue weighted by Crippen LogP contribution is -2.38. The van der Waals surface area contributed by atoms with Gasteiger partial charge in [-0.15, -0.1) is 0 Å². The summed E-state index contributed by atoms with van der Waals surface area (Å²) in [4.78, 5) is 34.4. The molecular weight excluding hydrogens is 428 g/mol. The number of amides is 2. The number of furan rings is 1. The van der Waals surface area contributed by atoms with E-state index in [0.717, 1.165) is 16.5 Å². The Morgan fingerprint density at radius 2 is 1.73 bits per heavy atom. The molecule has 2 amide bonds. The van der Waals surface area contributed by atoms with Gasteiger partial charge in [-0.05, 0) is 24.6 Å². The number of fused-ring (bicyclic) bond motifs is 1. The molecule has 1 heterocycles. The molecule has 0 aliphatic rings. The van der Waals surface area contributed by atoms with Crippen LogP contribution in [0, 0.1) is 0 Å². The molecule has 3 aromatic rings. The van der Waals surface area contributed by atoms with E-state index in [1.165, 1.54) is 13.2 Å². The van der Waals surface area contributed by atoms with Crippen molar-refractivity contribution in [2.75, 3.05) is 27.3 Å². The van der Waals surface area contributed by atoms with Crippen LogP contribution in [-0.4, -0.2) is 50.2 Å². The second-order valence-electron chi connectivity index (χ2n) is 7.11. The van der Waals surface area contributed by atoms with Crippen LogP contribution >= 0.6 is 0 Å². The molecule has 0 aliphatic heterocycles. The van der Waals surface area contributed by atoms with Gasteiger partial charge in [0.15, 0.2) is 0 Å². The molecule has 0 saturated carbocycles. The largest absolute Gasteiger partial charge is 0.496 e. The highest BCUT2D eigenvalue weighted by Crippen LogP contribution is 2.40. The van der Waals surface area contributed by atoms with Gasteiger partial charge in [0.2, 0.25) is 11.8 Å². The maximum absolute atomic E-state index is 12.3. The zero-order chi connectivity index (χ0) is 24.0. The van der Waals surface area contributed by atoms with Gasteiger partial charge < -0.3 is 29.6 Å². The Labute approximate surface area is 190 Å². The fourth-order valence-electron chi connectivity index (χ4n) is 3.34. The maximum Gasteiger partial charge on any atom is 0.322 e. The van der Waals surface area contributed by atoms with Crippen LogP contribution in [0.4, 0.5) is 0 Å². The van der Waals surface area contributed by atoms with Crippen LogP contribution in [0.15, 0.2) is 53.2 Å². The number of carbonyl (C=O) groups excluding carboxylic acids is 2. The van der Waals surface area contributed by atoms with Gasteiger partial charge in [0.25, 0.3) is 0 Å². The first-order valence-corrected chi connectivity index (χ1v) is 10.0. The average molecular weight is 452 g/mol. The summed E-state index contributed by atoms with van der Waals surface area (Å²) in [5.41, 5.74) is 3.58. The summed E-state index contributed by atoms with van der Waals surface area (Å²) < 4.78 is 16.7. The summed E-state index contributed by atoms with van der Waals surface area (Å²) in [6.45, 7) is 0.891. The molecule has 33 heavy (non-hydrogen) atoms. The highest BCUT2D eigenvalue weighted by Gasteiger charge is 2.17. The van der Waals surface area contributed by atoms with E-state index in [0.29, 0.717) is 28.2 Å². The van der Waals surface area contributed by atoms with Crippen molar-refractivity contribution in [3.8, 4) is 22.6 Å². The van der Waals surface area contributed by atoms with Gasteiger partial charge in [-0.25, -0.2) is 0 Å². The number of hydrogen-bond acceptors (Lipinski definition) is 6. The Morgan fingerprint density at radius 3 is 2.42 bits per heavy atom. The quantitative estimate of drug-likeness (QED) is 0.426. The summed E-state index contributed by atoms with van der Waals surface area (Å²) in [5, 5.41) is 14.0. The lowest BCUT2D eigenvalue weighted by atomic mass is 9.99. The molecule has 2 aromatic carbocycles. The van der Waals surface area contributed by atoms with E-state index in [1.807, 2.05) is 30.3 Å². The predicted octanol–water partition coefficient (Wildman–Crippen LogP) is 2.84. The molecule has 1 aromatic heterocycles. The van der Waals surface area contributed by atoms with Crippen LogP contribution in [0.5, 0.6) is 11.5 Å². The second kappa shape index (κ2) is 10.4. The van der Waals surface area contributed by atoms with Crippen molar-refractivity contribution in [1.29, 1.82) is 0 Å². The molecule has 0 atom stereocenters. The SMILES string of the molecule is COc1cc2occ(-c3ccccc3OC)c2cc1/C(C)=C/C(=O)NCC(=O)NCC(=O)O. The first-order valence-electron chi connectivity index (χ1n) is 10.0. The van der Waals surface area contributed by atoms with Crippen LogP contribution in [-0.2, 0) is 14.4 Å². The molecule has 0 saturated heterocycles. The van der Waals surface area contributed by atoms with Gasteiger partial charge in [-0.1, -0.05) is 18.2 Å². The Hall–Kier alpha value is -4.27. The number of allylic oxidation sites excluding steroid dienone is 1. The van der Waals surface area contributed by atoms with Gasteiger partial charge in [0.05, 0.1) is 27.0 Å². The first-order chi connectivity index (χ1) is 15.8. The molecule has 172 valence electrons. The molecular formula is C24H24N2O7. The van der Waals surface area contributed by atoms with E-state index in [1.54, 1.807) is 26.4 Å². The van der Waals surface area contributed by atoms with E-state index in [-0.39, 0.29) is 6.54 Å². The highest BCUT2D eigenvalue weighted by atomic mass is 16.5. The van der Waals surface area contributed by atoms with Crippen LogP contribution < -0.4 is 20.1 Å². The molecule has 9 heteroatoms. The molecule has 3 rings (SSSR count). The van der Waals surface area contributed by atoms with Gasteiger partial charge in [0, 0.05) is 34.2 Å². The highest BCUT2D eigenvalue weighted by molar-refractivity contribution is 6.01. The van der Waals surface area contributed by atoms with Crippen molar-refractivity contribution in [1.82, 2.24) is 10.6 Å². The Balaban J connectivity index is 1.89. The standard InChI is InChI=1S/C24H24N2O7/c1-14(8-22(27)25-11-23(28)26-12-24(29)30)16-9-17-18(13-33-21(17)10-20(16)32-3)15-6-4-5-7-19(15)31-2/h4-10,13H,11-12H2,1-3H3,(H,25,27)(H,26,28)(H,29,30)/b14-8+. The van der Waals surface area contributed by atoms with Gasteiger partial charge in [-0.3, -0.25) is 14.4 Å². The van der Waals surface area contributed by atoms with E-state index >= 15 is 0 Å². The third-order valence-electron chi connectivity index (χ3n) is 4.93. The zero-order valence-corrected chi connectivity index (χ0v) is 18.4. The number of para-hydroxylation sites is 1. The molecule has 9 nitrogen and oxygen atoms in total. The number of nitrogens with one attached hydrogen (secondary N) is 2. The third kappa shape index (κ3) is 5.51. The second-order valence-corrected chi connectivity index (χ2v) is 7.11. The van der Waals surface area contributed by atoms with Crippen LogP contribution in [0.1, 0.15) is 12.5 Å². The zero-order valence-electron chi connectivity index (χ0n) is 18.4. The van der Waals surface area contributed by atoms with Crippen LogP contribution in [0.3, 0.4) is 0 Å². The summed E-state index contributed by atoms with van der Waals surface area (Å²) in [7, 11) is 3.12. The Morgan fingerprint density at radius 1 is 1.00 bits per heavy atom. The maximum atomic E-state index is 12.3. The van der Waals surface area contributed by atoms with E-state index in [4.69, 9.17) is 19.0 Å². The van der Waals surface area contributed by atoms with Crippen LogP contribution in [0.2, 0.25) is 0 Å². The topological polar surface area (TPSA) is 127 Å². The molecule has 0 radical (unpaired) electrons. The number of rotatable bonds is 9. The number of carbonyl (C=O) groups is 3. The van der Waals surface area contributed by atoms with E-state index < -0.39 is 24.3 Å². The number of carboxylic acids is 1. The number of benzene rings is 2. The number of aliphatic carboxylic acids is 1. The minimum absolute atomic E-state index is 0.342. The fourth-order valence-corrected chi connectivity index (χ4v) is 3.34. The normalized spacial score (nSPS) is 11.2. The summed E-state index contributed by atoms with van der Waals surface area (Å²) in [5.74, 6) is -1.05. The minimum Gasteiger partial charge on any atom is -0.496 e. The number of carboxylic acid groups (broad SMARTS) is 1. The Kier molecular flexibility index (Phi) is 7.34. The monoisotopic (exact) mass is 452 g/mol. The Bertz CT molecular complexity index is 1230. The van der Waals surface area contributed by atoms with E-state index in [9.17, 15) is 14.4 Å². The molecule has 3 N–H and O–H groups in total. The van der Waals surface area contributed by atoms with Crippen molar-refractivity contribution in [2.24, 2.45) is 0 Å². The van der Waals surface area contributed by atoms with Crippen molar-refractivity contribution < 1.29 is 33.4 Å². The van der Waals surface area contributed by atoms with E-state index in [2.05, 4.69) is 10.6 Å². The summed E-state index contributed by atoms with van der Waals surface area (Å²) >= 11 is 0. The van der Waals surface area contributed by atoms with Gasteiger partial charge in [-0.2, -0.15) is 0 Å². The first kappa shape index (κ1) is 23.4. The number of hydrogen-bond donors (Lipinski definition) is 3. The lowest BCUT2D eigenvalue weighted by molar-refractivity contribution is -0.137. The van der Waals surface area contributed by atoms with Gasteiger partial charge >= 0.3 is 5.97 Å². The molecule has 0 aliphatic carbocycles.